The lowest BCUT2D eigenvalue weighted by Crippen LogP contribution is -2.49. The molecule has 3 aromatic carbocycles. The topological polar surface area (TPSA) is 123 Å². The van der Waals surface area contributed by atoms with Gasteiger partial charge >= 0.3 is 18.2 Å². The first-order valence-corrected chi connectivity index (χ1v) is 14.8. The van der Waals surface area contributed by atoms with Gasteiger partial charge in [0.1, 0.15) is 30.7 Å². The zero-order valence-electron chi connectivity index (χ0n) is 26.1. The van der Waals surface area contributed by atoms with E-state index in [0.29, 0.717) is 11.1 Å². The van der Waals surface area contributed by atoms with E-state index in [4.69, 9.17) is 14.2 Å². The van der Waals surface area contributed by atoms with Crippen LogP contribution in [0.5, 0.6) is 0 Å². The van der Waals surface area contributed by atoms with Crippen molar-refractivity contribution in [2.75, 3.05) is 13.1 Å². The molecule has 2 N–H and O–H groups in total. The molecule has 1 fully saturated rings. The minimum Gasteiger partial charge on any atom is -0.459 e. The number of nitrogens with zero attached hydrogens (tertiary/aromatic N) is 1. The molecule has 3 amide bonds. The number of alkyl carbamates (subject to hydrolysis) is 1. The normalized spacial score (nSPS) is 16.1. The Labute approximate surface area is 270 Å². The molecule has 1 aliphatic heterocycles. The summed E-state index contributed by atoms with van der Waals surface area (Å²) >= 11 is 0. The summed E-state index contributed by atoms with van der Waals surface area (Å²) in [6, 6.07) is 17.9. The van der Waals surface area contributed by atoms with Gasteiger partial charge in [0.25, 0.3) is 11.8 Å². The number of likely N-dealkylation sites (tertiary alicyclic amines) is 1. The van der Waals surface area contributed by atoms with E-state index in [1.54, 1.807) is 81.4 Å². The highest BCUT2D eigenvalue weighted by molar-refractivity contribution is 5.95. The van der Waals surface area contributed by atoms with E-state index in [1.807, 2.05) is 0 Å². The standard InChI is InChI=1S/C34H36F3N3O7/c1-33(2,3)47-32(44)40-21-34(36,37)17-28(40)24-14-25(16-26(35)15-24)29(41)38-18-27(30(42)45-19-22-10-6-4-7-11-22)39-31(43)46-20-23-12-8-5-9-13-23/h4-16,27-28H,17-21H2,1-3H3,(H,38,41)(H,39,43)/t27-,28?/m1/s1. The van der Waals surface area contributed by atoms with Crippen LogP contribution in [0, 0.1) is 5.82 Å². The second-order valence-corrected chi connectivity index (χ2v) is 12.0. The number of nitrogens with one attached hydrogen (secondary N) is 2. The van der Waals surface area contributed by atoms with Crippen LogP contribution in [0.15, 0.2) is 78.9 Å². The number of ether oxygens (including phenoxy) is 3. The third-order valence-electron chi connectivity index (χ3n) is 6.94. The molecule has 1 unspecified atom stereocenters. The van der Waals surface area contributed by atoms with Crippen LogP contribution in [0.25, 0.3) is 0 Å². The molecule has 1 aliphatic rings. The number of amides is 3. The van der Waals surface area contributed by atoms with E-state index in [9.17, 15) is 32.3 Å². The highest BCUT2D eigenvalue weighted by atomic mass is 19.3. The lowest BCUT2D eigenvalue weighted by atomic mass is 10.0. The van der Waals surface area contributed by atoms with Crippen molar-refractivity contribution in [3.63, 3.8) is 0 Å². The van der Waals surface area contributed by atoms with E-state index in [0.717, 1.165) is 17.0 Å². The van der Waals surface area contributed by atoms with Gasteiger partial charge in [-0.1, -0.05) is 60.7 Å². The zero-order valence-corrected chi connectivity index (χ0v) is 26.1. The second kappa shape index (κ2) is 15.0. The van der Waals surface area contributed by atoms with E-state index >= 15 is 0 Å². The summed E-state index contributed by atoms with van der Waals surface area (Å²) in [7, 11) is 0. The van der Waals surface area contributed by atoms with E-state index in [1.165, 1.54) is 6.07 Å². The largest absolute Gasteiger partial charge is 0.459 e. The quantitative estimate of drug-likeness (QED) is 0.206. The fraction of sp³-hybridized carbons (Fsp3) is 0.353. The summed E-state index contributed by atoms with van der Waals surface area (Å²) in [6.45, 7) is 3.13. The molecule has 0 spiro atoms. The van der Waals surface area contributed by atoms with Crippen molar-refractivity contribution in [2.24, 2.45) is 0 Å². The summed E-state index contributed by atoms with van der Waals surface area (Å²) in [5, 5.41) is 4.83. The summed E-state index contributed by atoms with van der Waals surface area (Å²) in [5.41, 5.74) is 0.113. The maximum Gasteiger partial charge on any atom is 0.411 e. The molecule has 0 saturated carbocycles. The minimum atomic E-state index is -3.27. The lowest BCUT2D eigenvalue weighted by Gasteiger charge is -2.28. The van der Waals surface area contributed by atoms with Gasteiger partial charge in [-0.3, -0.25) is 9.69 Å². The summed E-state index contributed by atoms with van der Waals surface area (Å²) in [5.74, 6) is -5.94. The number of hydrogen-bond donors (Lipinski definition) is 2. The first-order valence-electron chi connectivity index (χ1n) is 14.8. The first-order chi connectivity index (χ1) is 22.2. The third kappa shape index (κ3) is 10.5. The lowest BCUT2D eigenvalue weighted by molar-refractivity contribution is -0.147. The van der Waals surface area contributed by atoms with Crippen LogP contribution in [-0.2, 0) is 32.2 Å². The van der Waals surface area contributed by atoms with E-state index in [-0.39, 0.29) is 24.3 Å². The number of esters is 1. The minimum absolute atomic E-state index is 0.0420. The molecule has 0 aromatic heterocycles. The molecule has 2 atom stereocenters. The fourth-order valence-corrected chi connectivity index (χ4v) is 4.79. The van der Waals surface area contributed by atoms with E-state index in [2.05, 4.69) is 10.6 Å². The molecule has 47 heavy (non-hydrogen) atoms. The predicted octanol–water partition coefficient (Wildman–Crippen LogP) is 5.91. The van der Waals surface area contributed by atoms with Crippen LogP contribution >= 0.6 is 0 Å². The molecular formula is C34H36F3N3O7. The van der Waals surface area contributed by atoms with Gasteiger partial charge in [-0.25, -0.2) is 27.6 Å². The van der Waals surface area contributed by atoms with Crippen molar-refractivity contribution in [3.05, 3.63) is 107 Å². The Bertz CT molecular complexity index is 1570. The Morgan fingerprint density at radius 2 is 1.51 bits per heavy atom. The fourth-order valence-electron chi connectivity index (χ4n) is 4.79. The monoisotopic (exact) mass is 655 g/mol. The maximum absolute atomic E-state index is 14.8. The average Bonchev–Trinajstić information content (AvgIpc) is 3.36. The van der Waals surface area contributed by atoms with Gasteiger partial charge in [0.2, 0.25) is 0 Å². The summed E-state index contributed by atoms with van der Waals surface area (Å²) < 4.78 is 59.6. The van der Waals surface area contributed by atoms with Gasteiger partial charge in [0.15, 0.2) is 0 Å². The van der Waals surface area contributed by atoms with Gasteiger partial charge in [-0.05, 0) is 55.7 Å². The van der Waals surface area contributed by atoms with Crippen LogP contribution in [0.1, 0.15) is 60.3 Å². The Morgan fingerprint density at radius 1 is 0.915 bits per heavy atom. The molecule has 13 heteroatoms. The molecular weight excluding hydrogens is 619 g/mol. The van der Waals surface area contributed by atoms with Crippen molar-refractivity contribution in [1.29, 1.82) is 0 Å². The number of carbonyl (C=O) groups excluding carboxylic acids is 4. The predicted molar refractivity (Wildman–Crippen MR) is 164 cm³/mol. The zero-order chi connectivity index (χ0) is 34.2. The van der Waals surface area contributed by atoms with Gasteiger partial charge in [0.05, 0.1) is 12.6 Å². The van der Waals surface area contributed by atoms with Crippen LogP contribution < -0.4 is 10.6 Å². The van der Waals surface area contributed by atoms with Crippen LogP contribution in [0.4, 0.5) is 22.8 Å². The number of halogens is 3. The molecule has 3 aromatic rings. The molecule has 10 nitrogen and oxygen atoms in total. The van der Waals surface area contributed by atoms with Gasteiger partial charge < -0.3 is 24.8 Å². The summed E-state index contributed by atoms with van der Waals surface area (Å²) in [6.07, 6.45) is -2.76. The molecule has 0 radical (unpaired) electrons. The molecule has 0 aliphatic carbocycles. The Hall–Kier alpha value is -5.07. The Balaban J connectivity index is 1.47. The smallest absolute Gasteiger partial charge is 0.411 e. The highest BCUT2D eigenvalue weighted by Crippen LogP contribution is 2.42. The van der Waals surface area contributed by atoms with Crippen molar-refractivity contribution in [1.82, 2.24) is 15.5 Å². The molecule has 4 rings (SSSR count). The second-order valence-electron chi connectivity index (χ2n) is 12.0. The number of benzene rings is 3. The maximum atomic E-state index is 14.8. The molecule has 1 heterocycles. The molecule has 0 bridgehead atoms. The van der Waals surface area contributed by atoms with E-state index < -0.39 is 73.0 Å². The van der Waals surface area contributed by atoms with Gasteiger partial charge in [-0.2, -0.15) is 0 Å². The number of alkyl halides is 2. The van der Waals surface area contributed by atoms with Gasteiger partial charge in [-0.15, -0.1) is 0 Å². The molecule has 1 saturated heterocycles. The highest BCUT2D eigenvalue weighted by Gasteiger charge is 2.49. The third-order valence-corrected chi connectivity index (χ3v) is 6.94. The first kappa shape index (κ1) is 34.8. The summed E-state index contributed by atoms with van der Waals surface area (Å²) in [4.78, 5) is 52.3. The van der Waals surface area contributed by atoms with Gasteiger partial charge in [0, 0.05) is 18.5 Å². The Morgan fingerprint density at radius 3 is 2.11 bits per heavy atom. The SMILES string of the molecule is CC(C)(C)OC(=O)N1CC(F)(F)CC1c1cc(F)cc(C(=O)NC[C@@H](NC(=O)OCc2ccccc2)C(=O)OCc2ccccc2)c1. The molecule has 250 valence electrons. The van der Waals surface area contributed by atoms with Crippen LogP contribution in [-0.4, -0.2) is 59.6 Å². The van der Waals surface area contributed by atoms with Crippen molar-refractivity contribution in [3.8, 4) is 0 Å². The van der Waals surface area contributed by atoms with Crippen LogP contribution in [0.3, 0.4) is 0 Å². The van der Waals surface area contributed by atoms with Crippen molar-refractivity contribution in [2.45, 2.75) is 64.0 Å². The van der Waals surface area contributed by atoms with Crippen molar-refractivity contribution < 1.29 is 46.6 Å². The average molecular weight is 656 g/mol. The number of carbonyl (C=O) groups is 4. The number of rotatable bonds is 10. The van der Waals surface area contributed by atoms with Crippen LogP contribution in [0.2, 0.25) is 0 Å². The number of hydrogen-bond acceptors (Lipinski definition) is 7. The Kier molecular flexibility index (Phi) is 11.1. The van der Waals surface area contributed by atoms with Crippen molar-refractivity contribution >= 4 is 24.1 Å².